The van der Waals surface area contributed by atoms with Gasteiger partial charge in [0.05, 0.1) is 4.47 Å². The van der Waals surface area contributed by atoms with E-state index in [2.05, 4.69) is 22.9 Å². The van der Waals surface area contributed by atoms with Crippen LogP contribution in [-0.2, 0) is 0 Å². The summed E-state index contributed by atoms with van der Waals surface area (Å²) in [6.45, 7) is 2.43. The molecule has 4 aliphatic carbocycles. The summed E-state index contributed by atoms with van der Waals surface area (Å²) in [5.74, 6) is 1.47. The highest BCUT2D eigenvalue weighted by Crippen LogP contribution is 2.68. The zero-order chi connectivity index (χ0) is 14.8. The van der Waals surface area contributed by atoms with E-state index in [4.69, 9.17) is 5.73 Å². The van der Waals surface area contributed by atoms with Crippen molar-refractivity contribution in [2.75, 3.05) is 0 Å². The first-order valence-electron chi connectivity index (χ1n) is 8.10. The van der Waals surface area contributed by atoms with E-state index < -0.39 is 0 Å². The predicted octanol–water partition coefficient (Wildman–Crippen LogP) is 5.19. The summed E-state index contributed by atoms with van der Waals surface area (Å²) in [4.78, 5) is 0. The van der Waals surface area contributed by atoms with Crippen LogP contribution in [0.1, 0.15) is 57.1 Å². The second kappa shape index (κ2) is 4.55. The molecule has 21 heavy (non-hydrogen) atoms. The third kappa shape index (κ3) is 2.11. The van der Waals surface area contributed by atoms with Gasteiger partial charge in [0.2, 0.25) is 0 Å². The smallest absolute Gasteiger partial charge is 0.142 e. The topological polar surface area (TPSA) is 26.0 Å². The van der Waals surface area contributed by atoms with Gasteiger partial charge in [-0.1, -0.05) is 19.1 Å². The second-order valence-corrected chi connectivity index (χ2v) is 9.11. The minimum absolute atomic E-state index is 0.125. The minimum Gasteiger partial charge on any atom is -0.323 e. The SMILES string of the molecule is CC12CC3CC(C1)CC(C(N)c1cccc(Br)c1F)(C3)C2. The second-order valence-electron chi connectivity index (χ2n) is 8.25. The monoisotopic (exact) mass is 351 g/mol. The summed E-state index contributed by atoms with van der Waals surface area (Å²) in [6.07, 6.45) is 7.68. The van der Waals surface area contributed by atoms with E-state index in [1.54, 1.807) is 6.07 Å². The van der Waals surface area contributed by atoms with Crippen molar-refractivity contribution in [1.82, 2.24) is 0 Å². The first-order chi connectivity index (χ1) is 9.91. The van der Waals surface area contributed by atoms with Gasteiger partial charge in [-0.05, 0) is 83.2 Å². The van der Waals surface area contributed by atoms with Crippen LogP contribution in [0.5, 0.6) is 0 Å². The van der Waals surface area contributed by atoms with Crippen molar-refractivity contribution in [3.63, 3.8) is 0 Å². The lowest BCUT2D eigenvalue weighted by molar-refractivity contribution is -0.114. The molecule has 3 unspecified atom stereocenters. The van der Waals surface area contributed by atoms with Gasteiger partial charge < -0.3 is 5.73 Å². The van der Waals surface area contributed by atoms with Crippen LogP contribution in [-0.4, -0.2) is 0 Å². The molecule has 3 heteroatoms. The van der Waals surface area contributed by atoms with E-state index in [9.17, 15) is 4.39 Å². The van der Waals surface area contributed by atoms with Gasteiger partial charge in [-0.3, -0.25) is 0 Å². The van der Waals surface area contributed by atoms with Crippen LogP contribution >= 0.6 is 15.9 Å². The molecule has 4 saturated carbocycles. The molecule has 4 fully saturated rings. The summed E-state index contributed by atoms with van der Waals surface area (Å²) in [6, 6.07) is 5.38. The predicted molar refractivity (Wildman–Crippen MR) is 86.3 cm³/mol. The zero-order valence-electron chi connectivity index (χ0n) is 12.5. The summed E-state index contributed by atoms with van der Waals surface area (Å²) in [7, 11) is 0. The Morgan fingerprint density at radius 3 is 2.52 bits per heavy atom. The maximum Gasteiger partial charge on any atom is 0.142 e. The Labute approximate surface area is 134 Å². The quantitative estimate of drug-likeness (QED) is 0.778. The fourth-order valence-corrected chi connectivity index (χ4v) is 6.63. The normalized spacial score (nSPS) is 42.3. The zero-order valence-corrected chi connectivity index (χ0v) is 14.1. The highest BCUT2D eigenvalue weighted by atomic mass is 79.9. The minimum atomic E-state index is -0.166. The van der Waals surface area contributed by atoms with Crippen LogP contribution < -0.4 is 5.73 Å². The van der Waals surface area contributed by atoms with Gasteiger partial charge >= 0.3 is 0 Å². The van der Waals surface area contributed by atoms with Gasteiger partial charge in [-0.25, -0.2) is 4.39 Å². The van der Waals surface area contributed by atoms with Crippen molar-refractivity contribution in [2.24, 2.45) is 28.4 Å². The van der Waals surface area contributed by atoms with E-state index in [0.717, 1.165) is 11.8 Å². The molecule has 2 N–H and O–H groups in total. The Kier molecular flexibility index (Phi) is 3.07. The van der Waals surface area contributed by atoms with Gasteiger partial charge in [0, 0.05) is 11.6 Å². The van der Waals surface area contributed by atoms with E-state index in [-0.39, 0.29) is 17.3 Å². The highest BCUT2D eigenvalue weighted by Gasteiger charge is 2.58. The third-order valence-corrected chi connectivity index (χ3v) is 6.99. The van der Waals surface area contributed by atoms with Crippen molar-refractivity contribution in [1.29, 1.82) is 0 Å². The Bertz CT molecular complexity index is 571. The number of rotatable bonds is 2. The lowest BCUT2D eigenvalue weighted by atomic mass is 9.43. The van der Waals surface area contributed by atoms with Crippen molar-refractivity contribution in [3.05, 3.63) is 34.1 Å². The molecule has 114 valence electrons. The summed E-state index contributed by atoms with van der Waals surface area (Å²) < 4.78 is 15.0. The summed E-state index contributed by atoms with van der Waals surface area (Å²) in [5, 5.41) is 0. The maximum absolute atomic E-state index is 14.5. The largest absolute Gasteiger partial charge is 0.323 e. The van der Waals surface area contributed by atoms with Gasteiger partial charge in [0.15, 0.2) is 0 Å². The van der Waals surface area contributed by atoms with Crippen LogP contribution in [0.3, 0.4) is 0 Å². The molecule has 0 heterocycles. The molecule has 0 aliphatic heterocycles. The first kappa shape index (κ1) is 14.2. The lowest BCUT2D eigenvalue weighted by Crippen LogP contribution is -2.54. The molecule has 0 saturated heterocycles. The van der Waals surface area contributed by atoms with Gasteiger partial charge in [0.1, 0.15) is 5.82 Å². The third-order valence-electron chi connectivity index (χ3n) is 6.38. The van der Waals surface area contributed by atoms with Gasteiger partial charge in [0.25, 0.3) is 0 Å². The highest BCUT2D eigenvalue weighted by molar-refractivity contribution is 9.10. The number of hydrogen-bond donors (Lipinski definition) is 1. The van der Waals surface area contributed by atoms with Gasteiger partial charge in [-0.2, -0.15) is 0 Å². The Morgan fingerprint density at radius 1 is 1.24 bits per heavy atom. The van der Waals surface area contributed by atoms with Crippen LogP contribution in [0.4, 0.5) is 4.39 Å². The number of benzene rings is 1. The van der Waals surface area contributed by atoms with E-state index in [1.807, 2.05) is 12.1 Å². The van der Waals surface area contributed by atoms with Crippen molar-refractivity contribution in [2.45, 2.75) is 51.5 Å². The molecule has 1 nitrogen and oxygen atoms in total. The summed E-state index contributed by atoms with van der Waals surface area (Å²) >= 11 is 3.30. The number of hydrogen-bond acceptors (Lipinski definition) is 1. The molecule has 4 bridgehead atoms. The van der Waals surface area contributed by atoms with Crippen molar-refractivity contribution >= 4 is 15.9 Å². The molecule has 0 spiro atoms. The molecular formula is C18H23BrFN. The van der Waals surface area contributed by atoms with E-state index in [1.165, 1.54) is 38.5 Å². The van der Waals surface area contributed by atoms with Crippen LogP contribution in [0.2, 0.25) is 0 Å². The molecule has 1 aromatic carbocycles. The Hall–Kier alpha value is -0.410. The van der Waals surface area contributed by atoms with Crippen molar-refractivity contribution < 1.29 is 4.39 Å². The molecule has 0 radical (unpaired) electrons. The Balaban J connectivity index is 1.74. The molecule has 0 amide bonds. The lowest BCUT2D eigenvalue weighted by Gasteiger charge is -2.63. The van der Waals surface area contributed by atoms with E-state index in [0.29, 0.717) is 15.5 Å². The fraction of sp³-hybridized carbons (Fsp3) is 0.667. The summed E-state index contributed by atoms with van der Waals surface area (Å²) in [5.41, 5.74) is 7.94. The number of halogens is 2. The average Bonchev–Trinajstić information content (AvgIpc) is 2.38. The van der Waals surface area contributed by atoms with E-state index >= 15 is 0 Å². The van der Waals surface area contributed by atoms with Crippen LogP contribution in [0.15, 0.2) is 22.7 Å². The average molecular weight is 352 g/mol. The van der Waals surface area contributed by atoms with Gasteiger partial charge in [-0.15, -0.1) is 0 Å². The molecule has 0 aromatic heterocycles. The fourth-order valence-electron chi connectivity index (χ4n) is 6.25. The molecule has 3 atom stereocenters. The van der Waals surface area contributed by atoms with Crippen LogP contribution in [0, 0.1) is 28.5 Å². The molecule has 5 rings (SSSR count). The van der Waals surface area contributed by atoms with Crippen molar-refractivity contribution in [3.8, 4) is 0 Å². The molecule has 4 aliphatic rings. The Morgan fingerprint density at radius 2 is 1.90 bits per heavy atom. The molecular weight excluding hydrogens is 329 g/mol. The molecule has 1 aromatic rings. The number of nitrogens with two attached hydrogens (primary N) is 1. The maximum atomic E-state index is 14.5. The standard InChI is InChI=1S/C18H23BrFN/c1-17-6-11-5-12(7-17)9-18(8-11,10-17)16(21)13-3-2-4-14(19)15(13)20/h2-4,11-12,16H,5-10,21H2,1H3. The van der Waals surface area contributed by atoms with Crippen LogP contribution in [0.25, 0.3) is 0 Å². The first-order valence-corrected chi connectivity index (χ1v) is 8.90.